The van der Waals surface area contributed by atoms with Gasteiger partial charge in [0.15, 0.2) is 12.0 Å². The first-order chi connectivity index (χ1) is 10.1. The quantitative estimate of drug-likeness (QED) is 0.756. The molecule has 0 aromatic carbocycles. The van der Waals surface area contributed by atoms with Crippen molar-refractivity contribution >= 4 is 17.5 Å². The van der Waals surface area contributed by atoms with Crippen LogP contribution in [0.2, 0.25) is 0 Å². The summed E-state index contributed by atoms with van der Waals surface area (Å²) in [6.45, 7) is 2.06. The monoisotopic (exact) mass is 310 g/mol. The largest absolute Gasteiger partial charge is 0.379 e. The highest BCUT2D eigenvalue weighted by atomic mass is 32.2. The molecule has 0 unspecified atom stereocenters. The van der Waals surface area contributed by atoms with E-state index in [1.807, 2.05) is 34.7 Å². The lowest BCUT2D eigenvalue weighted by molar-refractivity contribution is -0.720. The van der Waals surface area contributed by atoms with E-state index >= 15 is 0 Å². The molecule has 21 heavy (non-hydrogen) atoms. The van der Waals surface area contributed by atoms with Gasteiger partial charge in [-0.1, -0.05) is 11.8 Å². The number of methoxy groups -OCH3 is 2. The van der Waals surface area contributed by atoms with Crippen molar-refractivity contribution in [1.82, 2.24) is 0 Å². The minimum atomic E-state index is 0.159. The SMILES string of the molecule is CO[C@H]1CC[C@@H](Sc2cccc[n+]2CC(C)=O)C[C@H]1OC. The Kier molecular flexibility index (Phi) is 6.21. The summed E-state index contributed by atoms with van der Waals surface area (Å²) >= 11 is 1.84. The minimum absolute atomic E-state index is 0.159. The molecular formula is C16H24NO3S+. The van der Waals surface area contributed by atoms with E-state index in [9.17, 15) is 4.79 Å². The van der Waals surface area contributed by atoms with Gasteiger partial charge in [-0.2, -0.15) is 4.57 Å². The summed E-state index contributed by atoms with van der Waals surface area (Å²) in [5, 5.41) is 1.64. The fourth-order valence-corrected chi connectivity index (χ4v) is 4.10. The lowest BCUT2D eigenvalue weighted by Gasteiger charge is -2.33. The average molecular weight is 310 g/mol. The third-order valence-corrected chi connectivity index (χ3v) is 5.24. The fourth-order valence-electron chi connectivity index (χ4n) is 2.80. The zero-order chi connectivity index (χ0) is 15.2. The molecule has 4 nitrogen and oxygen atoms in total. The van der Waals surface area contributed by atoms with Gasteiger partial charge < -0.3 is 9.47 Å². The van der Waals surface area contributed by atoms with Crippen LogP contribution in [0.15, 0.2) is 29.4 Å². The number of pyridine rings is 1. The van der Waals surface area contributed by atoms with Crippen molar-refractivity contribution in [3.05, 3.63) is 24.4 Å². The Morgan fingerprint density at radius 3 is 2.71 bits per heavy atom. The lowest BCUT2D eigenvalue weighted by Crippen LogP contribution is -2.41. The molecule has 5 heteroatoms. The Labute approximate surface area is 130 Å². The smallest absolute Gasteiger partial charge is 0.240 e. The summed E-state index contributed by atoms with van der Waals surface area (Å²) in [6.07, 6.45) is 5.44. The number of carbonyl (C=O) groups excluding carboxylic acids is 1. The Morgan fingerprint density at radius 2 is 2.05 bits per heavy atom. The van der Waals surface area contributed by atoms with Crippen LogP contribution < -0.4 is 4.57 Å². The first-order valence-corrected chi connectivity index (χ1v) is 8.22. The predicted molar refractivity (Wildman–Crippen MR) is 82.4 cm³/mol. The van der Waals surface area contributed by atoms with Crippen LogP contribution in [0.1, 0.15) is 26.2 Å². The number of hydrogen-bond donors (Lipinski definition) is 0. The third-order valence-electron chi connectivity index (χ3n) is 3.87. The van der Waals surface area contributed by atoms with Crippen LogP contribution in [0.3, 0.4) is 0 Å². The highest BCUT2D eigenvalue weighted by molar-refractivity contribution is 7.99. The normalized spacial score (nSPS) is 25.8. The molecule has 1 aliphatic rings. The molecule has 1 aromatic heterocycles. The summed E-state index contributed by atoms with van der Waals surface area (Å²) in [5.41, 5.74) is 0. The molecule has 1 saturated carbocycles. The maximum Gasteiger partial charge on any atom is 0.240 e. The first-order valence-electron chi connectivity index (χ1n) is 7.34. The highest BCUT2D eigenvalue weighted by Crippen LogP contribution is 2.34. The van der Waals surface area contributed by atoms with Crippen molar-refractivity contribution in [2.24, 2.45) is 0 Å². The third kappa shape index (κ3) is 4.53. The molecule has 1 aliphatic carbocycles. The second kappa shape index (κ2) is 7.92. The van der Waals surface area contributed by atoms with E-state index in [0.717, 1.165) is 24.3 Å². The number of ketones is 1. The van der Waals surface area contributed by atoms with Crippen LogP contribution in [0, 0.1) is 0 Å². The van der Waals surface area contributed by atoms with Gasteiger partial charge in [-0.05, 0) is 25.3 Å². The summed E-state index contributed by atoms with van der Waals surface area (Å²) in [7, 11) is 3.50. The highest BCUT2D eigenvalue weighted by Gasteiger charge is 2.32. The van der Waals surface area contributed by atoms with Crippen molar-refractivity contribution in [3.63, 3.8) is 0 Å². The first kappa shape index (κ1) is 16.5. The van der Waals surface area contributed by atoms with Crippen LogP contribution in [-0.2, 0) is 20.8 Å². The number of nitrogens with zero attached hydrogens (tertiary/aromatic N) is 1. The Bertz CT molecular complexity index is 480. The fraction of sp³-hybridized carbons (Fsp3) is 0.625. The van der Waals surface area contributed by atoms with Crippen molar-refractivity contribution in [2.75, 3.05) is 14.2 Å². The molecular weight excluding hydrogens is 286 g/mol. The molecule has 0 saturated heterocycles. The summed E-state index contributed by atoms with van der Waals surface area (Å²) < 4.78 is 13.1. The summed E-state index contributed by atoms with van der Waals surface area (Å²) in [6, 6.07) is 6.07. The Hall–Kier alpha value is -0.910. The topological polar surface area (TPSA) is 39.4 Å². The van der Waals surface area contributed by atoms with Crippen molar-refractivity contribution in [1.29, 1.82) is 0 Å². The van der Waals surface area contributed by atoms with Gasteiger partial charge in [-0.15, -0.1) is 0 Å². The van der Waals surface area contributed by atoms with Crippen LogP contribution >= 0.6 is 11.8 Å². The molecule has 0 spiro atoms. The molecule has 1 fully saturated rings. The number of ether oxygens (including phenoxy) is 2. The molecule has 116 valence electrons. The van der Waals surface area contributed by atoms with Gasteiger partial charge in [-0.25, -0.2) is 0 Å². The Morgan fingerprint density at radius 1 is 1.29 bits per heavy atom. The van der Waals surface area contributed by atoms with Crippen LogP contribution in [-0.4, -0.2) is 37.5 Å². The molecule has 3 atom stereocenters. The van der Waals surface area contributed by atoms with Gasteiger partial charge in [-0.3, -0.25) is 4.79 Å². The van der Waals surface area contributed by atoms with Gasteiger partial charge in [0.05, 0.1) is 12.2 Å². The van der Waals surface area contributed by atoms with E-state index in [1.165, 1.54) is 0 Å². The molecule has 0 amide bonds. The molecule has 0 radical (unpaired) electrons. The molecule has 1 aromatic rings. The van der Waals surface area contributed by atoms with Crippen molar-refractivity contribution in [3.8, 4) is 0 Å². The number of Topliss-reactive ketones (excluding diaryl/α,β-unsaturated/α-hetero) is 1. The van der Waals surface area contributed by atoms with Crippen LogP contribution in [0.25, 0.3) is 0 Å². The number of thioether (sulfide) groups is 1. The van der Waals surface area contributed by atoms with E-state index in [1.54, 1.807) is 21.1 Å². The van der Waals surface area contributed by atoms with Crippen molar-refractivity contribution < 1.29 is 18.8 Å². The molecule has 0 bridgehead atoms. The van der Waals surface area contributed by atoms with E-state index < -0.39 is 0 Å². The summed E-state index contributed by atoms with van der Waals surface area (Å²) in [4.78, 5) is 11.4. The van der Waals surface area contributed by atoms with Gasteiger partial charge >= 0.3 is 0 Å². The van der Waals surface area contributed by atoms with E-state index in [2.05, 4.69) is 6.07 Å². The molecule has 2 rings (SSSR count). The van der Waals surface area contributed by atoms with Gasteiger partial charge in [0.25, 0.3) is 0 Å². The zero-order valence-corrected chi connectivity index (χ0v) is 13.8. The molecule has 1 heterocycles. The van der Waals surface area contributed by atoms with E-state index in [0.29, 0.717) is 11.8 Å². The predicted octanol–water partition coefficient (Wildman–Crippen LogP) is 2.24. The average Bonchev–Trinajstić information content (AvgIpc) is 2.48. The molecule has 0 aliphatic heterocycles. The number of rotatable bonds is 6. The van der Waals surface area contributed by atoms with Crippen molar-refractivity contribution in [2.45, 2.75) is 55.2 Å². The van der Waals surface area contributed by atoms with E-state index in [4.69, 9.17) is 9.47 Å². The number of carbonyl (C=O) groups is 1. The standard InChI is InChI=1S/C16H24NO3S/c1-12(18)11-17-9-5-4-6-16(17)21-13-7-8-14(19-2)15(10-13)20-3/h4-6,9,13-15H,7-8,10-11H2,1-3H3/q+1/t13-,14+,15-/m1/s1. The molecule has 0 N–H and O–H groups in total. The van der Waals surface area contributed by atoms with Crippen LogP contribution in [0.4, 0.5) is 0 Å². The van der Waals surface area contributed by atoms with Gasteiger partial charge in [0, 0.05) is 38.5 Å². The second-order valence-corrected chi connectivity index (χ2v) is 6.79. The van der Waals surface area contributed by atoms with Gasteiger partial charge in [0.2, 0.25) is 11.6 Å². The maximum atomic E-state index is 11.4. The zero-order valence-electron chi connectivity index (χ0n) is 13.0. The lowest BCUT2D eigenvalue weighted by atomic mass is 9.94. The second-order valence-electron chi connectivity index (χ2n) is 5.47. The number of hydrogen-bond acceptors (Lipinski definition) is 4. The van der Waals surface area contributed by atoms with Gasteiger partial charge in [0.1, 0.15) is 0 Å². The maximum absolute atomic E-state index is 11.4. The summed E-state index contributed by atoms with van der Waals surface area (Å²) in [5.74, 6) is 0.172. The Balaban J connectivity index is 2.03. The van der Waals surface area contributed by atoms with Crippen LogP contribution in [0.5, 0.6) is 0 Å². The number of aromatic nitrogens is 1. The minimum Gasteiger partial charge on any atom is -0.379 e. The van der Waals surface area contributed by atoms with E-state index in [-0.39, 0.29) is 18.0 Å².